The lowest BCUT2D eigenvalue weighted by molar-refractivity contribution is 1.23. The van der Waals surface area contributed by atoms with E-state index in [2.05, 4.69) is 18.7 Å². The lowest BCUT2D eigenvalue weighted by Gasteiger charge is -2.11. The van der Waals surface area contributed by atoms with Crippen LogP contribution in [0.4, 0.5) is 0 Å². The van der Waals surface area contributed by atoms with Crippen molar-refractivity contribution < 1.29 is 0 Å². The predicted molar refractivity (Wildman–Crippen MR) is 48.4 cm³/mol. The summed E-state index contributed by atoms with van der Waals surface area (Å²) in [5, 5.41) is 0. The van der Waals surface area contributed by atoms with Gasteiger partial charge in [0.1, 0.15) is 7.85 Å². The Morgan fingerprint density at radius 3 is 2.64 bits per heavy atom. The van der Waals surface area contributed by atoms with Gasteiger partial charge in [0.25, 0.3) is 0 Å². The van der Waals surface area contributed by atoms with Gasteiger partial charge < -0.3 is 0 Å². The first-order chi connectivity index (χ1) is 5.27. The standard InChI is InChI=1S/C10H9B/c1-7-2-5-10(11)9(6-7)8-3-4-8/h3,5-6H,1-2,4H2. The summed E-state index contributed by atoms with van der Waals surface area (Å²) in [6.45, 7) is 3.91. The molecule has 52 valence electrons. The van der Waals surface area contributed by atoms with E-state index < -0.39 is 0 Å². The Bertz CT molecular complexity index is 303. The van der Waals surface area contributed by atoms with Crippen LogP contribution < -0.4 is 0 Å². The van der Waals surface area contributed by atoms with Crippen LogP contribution in [-0.4, -0.2) is 7.85 Å². The Morgan fingerprint density at radius 2 is 2.00 bits per heavy atom. The minimum Gasteiger partial charge on any atom is -0.0955 e. The van der Waals surface area contributed by atoms with Crippen LogP contribution >= 0.6 is 0 Å². The second-order valence-corrected chi connectivity index (χ2v) is 3.01. The number of hydrogen-bond donors (Lipinski definition) is 0. The van der Waals surface area contributed by atoms with Gasteiger partial charge in [0.2, 0.25) is 0 Å². The van der Waals surface area contributed by atoms with E-state index in [9.17, 15) is 0 Å². The summed E-state index contributed by atoms with van der Waals surface area (Å²) in [4.78, 5) is 0. The molecule has 2 aliphatic rings. The Balaban J connectivity index is 2.33. The molecule has 2 aliphatic carbocycles. The highest BCUT2D eigenvalue weighted by Gasteiger charge is 2.16. The molecule has 0 unspecified atom stereocenters. The lowest BCUT2D eigenvalue weighted by atomic mass is 9.81. The molecule has 0 aromatic heterocycles. The van der Waals surface area contributed by atoms with Gasteiger partial charge in [-0.15, -0.1) is 0 Å². The second kappa shape index (κ2) is 2.26. The SMILES string of the molecule is [B]C1=CCC(=C)C=C1C1=CC1. The highest BCUT2D eigenvalue weighted by atomic mass is 14.2. The van der Waals surface area contributed by atoms with Gasteiger partial charge in [-0.1, -0.05) is 35.9 Å². The van der Waals surface area contributed by atoms with E-state index >= 15 is 0 Å². The maximum absolute atomic E-state index is 5.79. The summed E-state index contributed by atoms with van der Waals surface area (Å²) < 4.78 is 0. The summed E-state index contributed by atoms with van der Waals surface area (Å²) in [6.07, 6.45) is 8.33. The predicted octanol–water partition coefficient (Wildman–Crippen LogP) is 2.26. The molecule has 0 aromatic carbocycles. The van der Waals surface area contributed by atoms with Crippen LogP contribution in [0.5, 0.6) is 0 Å². The van der Waals surface area contributed by atoms with Gasteiger partial charge in [-0.3, -0.25) is 0 Å². The fourth-order valence-electron chi connectivity index (χ4n) is 1.25. The molecule has 0 heterocycles. The van der Waals surface area contributed by atoms with Crippen LogP contribution in [0.25, 0.3) is 0 Å². The zero-order valence-electron chi connectivity index (χ0n) is 6.43. The van der Waals surface area contributed by atoms with Crippen molar-refractivity contribution in [2.75, 3.05) is 0 Å². The maximum atomic E-state index is 5.79. The number of allylic oxidation sites excluding steroid dienone is 7. The molecular formula is C10H9B. The summed E-state index contributed by atoms with van der Waals surface area (Å²) >= 11 is 0. The zero-order valence-corrected chi connectivity index (χ0v) is 6.43. The fraction of sp³-hybridized carbons (Fsp3) is 0.200. The molecule has 0 fully saturated rings. The molecule has 0 bridgehead atoms. The van der Waals surface area contributed by atoms with Crippen molar-refractivity contribution >= 4 is 7.85 Å². The van der Waals surface area contributed by atoms with E-state index in [0.717, 1.165) is 23.9 Å². The van der Waals surface area contributed by atoms with Crippen LogP contribution in [-0.2, 0) is 0 Å². The van der Waals surface area contributed by atoms with E-state index in [4.69, 9.17) is 7.85 Å². The van der Waals surface area contributed by atoms with Crippen molar-refractivity contribution in [2.45, 2.75) is 12.8 Å². The topological polar surface area (TPSA) is 0 Å². The first-order valence-corrected chi connectivity index (χ1v) is 3.82. The first kappa shape index (κ1) is 6.72. The van der Waals surface area contributed by atoms with Crippen molar-refractivity contribution in [3.05, 3.63) is 47.0 Å². The fourth-order valence-corrected chi connectivity index (χ4v) is 1.25. The van der Waals surface area contributed by atoms with Crippen molar-refractivity contribution in [1.82, 2.24) is 0 Å². The quantitative estimate of drug-likeness (QED) is 0.490. The third-order valence-electron chi connectivity index (χ3n) is 2.00. The molecular weight excluding hydrogens is 131 g/mol. The smallest absolute Gasteiger partial charge is 0.0955 e. The molecule has 0 aliphatic heterocycles. The average molecular weight is 140 g/mol. The molecule has 0 saturated heterocycles. The molecule has 0 N–H and O–H groups in total. The monoisotopic (exact) mass is 140 g/mol. The van der Waals surface area contributed by atoms with Gasteiger partial charge >= 0.3 is 0 Å². The number of rotatable bonds is 1. The zero-order chi connectivity index (χ0) is 7.84. The van der Waals surface area contributed by atoms with E-state index in [1.807, 2.05) is 6.08 Å². The van der Waals surface area contributed by atoms with Crippen LogP contribution in [0.2, 0.25) is 0 Å². The molecule has 0 spiro atoms. The molecule has 0 aromatic rings. The summed E-state index contributed by atoms with van der Waals surface area (Å²) in [7, 11) is 5.79. The number of hydrogen-bond acceptors (Lipinski definition) is 0. The molecule has 1 heteroatoms. The van der Waals surface area contributed by atoms with Gasteiger partial charge in [-0.05, 0) is 24.0 Å². The van der Waals surface area contributed by atoms with Gasteiger partial charge in [-0.2, -0.15) is 0 Å². The first-order valence-electron chi connectivity index (χ1n) is 3.82. The average Bonchev–Trinajstić information content (AvgIpc) is 2.76. The van der Waals surface area contributed by atoms with Gasteiger partial charge in [-0.25, -0.2) is 0 Å². The Morgan fingerprint density at radius 1 is 1.27 bits per heavy atom. The summed E-state index contributed by atoms with van der Waals surface area (Å²) in [5.74, 6) is 0. The normalized spacial score (nSPS) is 22.2. The van der Waals surface area contributed by atoms with E-state index in [-0.39, 0.29) is 0 Å². The van der Waals surface area contributed by atoms with E-state index in [0.29, 0.717) is 0 Å². The van der Waals surface area contributed by atoms with E-state index in [1.54, 1.807) is 0 Å². The molecule has 0 amide bonds. The van der Waals surface area contributed by atoms with Crippen molar-refractivity contribution in [3.8, 4) is 0 Å². The molecule has 0 nitrogen and oxygen atoms in total. The highest BCUT2D eigenvalue weighted by molar-refractivity contribution is 6.25. The van der Waals surface area contributed by atoms with Gasteiger partial charge in [0, 0.05) is 0 Å². The van der Waals surface area contributed by atoms with Gasteiger partial charge in [0.15, 0.2) is 0 Å². The van der Waals surface area contributed by atoms with Gasteiger partial charge in [0.05, 0.1) is 0 Å². The van der Waals surface area contributed by atoms with Crippen LogP contribution in [0, 0.1) is 0 Å². The third-order valence-corrected chi connectivity index (χ3v) is 2.00. The molecule has 2 radical (unpaired) electrons. The van der Waals surface area contributed by atoms with Crippen molar-refractivity contribution in [1.29, 1.82) is 0 Å². The van der Waals surface area contributed by atoms with Crippen molar-refractivity contribution in [3.63, 3.8) is 0 Å². The highest BCUT2D eigenvalue weighted by Crippen LogP contribution is 2.34. The third kappa shape index (κ3) is 1.23. The van der Waals surface area contributed by atoms with Crippen LogP contribution in [0.15, 0.2) is 47.0 Å². The summed E-state index contributed by atoms with van der Waals surface area (Å²) in [6, 6.07) is 0. The second-order valence-electron chi connectivity index (χ2n) is 3.01. The lowest BCUT2D eigenvalue weighted by Crippen LogP contribution is -1.94. The summed E-state index contributed by atoms with van der Waals surface area (Å²) in [5.41, 5.74) is 4.64. The minimum absolute atomic E-state index is 0.905. The maximum Gasteiger partial charge on any atom is 0.114 e. The van der Waals surface area contributed by atoms with Crippen LogP contribution in [0.1, 0.15) is 12.8 Å². The molecule has 0 atom stereocenters. The largest absolute Gasteiger partial charge is 0.114 e. The minimum atomic E-state index is 0.905. The molecule has 11 heavy (non-hydrogen) atoms. The van der Waals surface area contributed by atoms with E-state index in [1.165, 1.54) is 11.1 Å². The Kier molecular flexibility index (Phi) is 1.38. The molecule has 2 rings (SSSR count). The Hall–Kier alpha value is -0.975. The Labute approximate surface area is 68.4 Å². The molecule has 0 saturated carbocycles. The van der Waals surface area contributed by atoms with Crippen LogP contribution in [0.3, 0.4) is 0 Å². The van der Waals surface area contributed by atoms with Crippen molar-refractivity contribution in [2.24, 2.45) is 0 Å².